The average molecular weight is 505 g/mol. The van der Waals surface area contributed by atoms with Crippen LogP contribution in [0.15, 0.2) is 0 Å². The summed E-state index contributed by atoms with van der Waals surface area (Å²) in [4.78, 5) is 36.1. The van der Waals surface area contributed by atoms with Gasteiger partial charge in [0.05, 0.1) is 12.0 Å². The number of rotatable bonds is 22. The second-order valence-electron chi connectivity index (χ2n) is 10.5. The van der Waals surface area contributed by atoms with Crippen LogP contribution in [-0.4, -0.2) is 29.9 Å². The first kappa shape index (κ1) is 36.6. The molecular formula is C28H53N2NaO4. The van der Waals surface area contributed by atoms with Gasteiger partial charge in [0, 0.05) is 6.42 Å². The number of unbranched alkanes of at least 4 members (excludes halogenated alkanes) is 14. The van der Waals surface area contributed by atoms with Crippen LogP contribution < -0.4 is 45.3 Å². The van der Waals surface area contributed by atoms with E-state index in [2.05, 4.69) is 17.6 Å². The van der Waals surface area contributed by atoms with Crippen molar-refractivity contribution in [2.75, 3.05) is 0 Å². The van der Waals surface area contributed by atoms with E-state index >= 15 is 0 Å². The zero-order valence-corrected chi connectivity index (χ0v) is 25.8. The second kappa shape index (κ2) is 23.8. The average Bonchev–Trinajstić information content (AvgIpc) is 2.77. The van der Waals surface area contributed by atoms with Crippen LogP contribution >= 0.6 is 0 Å². The first-order chi connectivity index (χ1) is 16.2. The largest absolute Gasteiger partial charge is 1.00 e. The molecule has 2 amide bonds. The predicted molar refractivity (Wildman–Crippen MR) is 138 cm³/mol. The van der Waals surface area contributed by atoms with Crippen LogP contribution in [0.5, 0.6) is 0 Å². The molecule has 0 spiro atoms. The molecule has 200 valence electrons. The Hall–Kier alpha value is -0.590. The second-order valence-corrected chi connectivity index (χ2v) is 10.5. The standard InChI is InChI=1S/C28H54N2O4.Na/c1-6-7-8-9-10-11-12-13-14-15-16-17-18-19-20-21-24(31)29-25(22(2)3)27(32)30-26(23(4)5)28(33)34;/h22-23,25-26H,6-21H2,1-5H3,(H,29,31)(H,30,32)(H,33,34);/q;+1/p-1/t25-,26+;/m0./s1. The number of carbonyl (C=O) groups excluding carboxylic acids is 3. The van der Waals surface area contributed by atoms with Gasteiger partial charge in [0.2, 0.25) is 11.8 Å². The molecule has 0 aliphatic carbocycles. The molecule has 0 aromatic rings. The monoisotopic (exact) mass is 504 g/mol. The molecule has 0 rings (SSSR count). The maximum atomic E-state index is 12.5. The molecule has 6 nitrogen and oxygen atoms in total. The third-order valence-electron chi connectivity index (χ3n) is 6.49. The number of hydrogen-bond acceptors (Lipinski definition) is 4. The number of carboxylic acid groups (broad SMARTS) is 1. The van der Waals surface area contributed by atoms with Crippen molar-refractivity contribution in [3.8, 4) is 0 Å². The van der Waals surface area contributed by atoms with Gasteiger partial charge >= 0.3 is 29.6 Å². The van der Waals surface area contributed by atoms with E-state index in [1.54, 1.807) is 13.8 Å². The Balaban J connectivity index is 0. The molecule has 0 saturated heterocycles. The van der Waals surface area contributed by atoms with E-state index in [0.717, 1.165) is 19.3 Å². The van der Waals surface area contributed by atoms with Gasteiger partial charge in [-0.25, -0.2) is 0 Å². The van der Waals surface area contributed by atoms with Gasteiger partial charge in [0.15, 0.2) is 0 Å². The predicted octanol–water partition coefficient (Wildman–Crippen LogP) is 2.28. The summed E-state index contributed by atoms with van der Waals surface area (Å²) >= 11 is 0. The normalized spacial score (nSPS) is 12.8. The summed E-state index contributed by atoms with van der Waals surface area (Å²) in [6, 6.07) is -1.81. The number of carboxylic acids is 1. The molecule has 2 N–H and O–H groups in total. The molecule has 7 heteroatoms. The van der Waals surface area contributed by atoms with Crippen LogP contribution in [0.3, 0.4) is 0 Å². The summed E-state index contributed by atoms with van der Waals surface area (Å²) in [5, 5.41) is 16.5. The number of nitrogens with one attached hydrogen (secondary N) is 2. The minimum absolute atomic E-state index is 0. The van der Waals surface area contributed by atoms with Crippen LogP contribution in [0, 0.1) is 11.8 Å². The summed E-state index contributed by atoms with van der Waals surface area (Å²) in [6.45, 7) is 9.35. The van der Waals surface area contributed by atoms with Crippen molar-refractivity contribution in [1.82, 2.24) is 10.6 Å². The summed E-state index contributed by atoms with van der Waals surface area (Å²) in [5.41, 5.74) is 0. The Bertz CT molecular complexity index is 555. The van der Waals surface area contributed by atoms with Crippen LogP contribution in [0.4, 0.5) is 0 Å². The molecule has 0 aliphatic heterocycles. The first-order valence-electron chi connectivity index (χ1n) is 14.0. The van der Waals surface area contributed by atoms with Crippen LogP contribution in [0.2, 0.25) is 0 Å². The molecule has 0 radical (unpaired) electrons. The molecule has 0 saturated carbocycles. The molecular weight excluding hydrogens is 451 g/mol. The molecule has 0 fully saturated rings. The quantitative estimate of drug-likeness (QED) is 0.175. The van der Waals surface area contributed by atoms with Crippen molar-refractivity contribution in [1.29, 1.82) is 0 Å². The van der Waals surface area contributed by atoms with E-state index in [9.17, 15) is 19.5 Å². The number of amides is 2. The Morgan fingerprint density at radius 2 is 0.971 bits per heavy atom. The molecule has 0 aromatic heterocycles. The minimum Gasteiger partial charge on any atom is -0.548 e. The van der Waals surface area contributed by atoms with E-state index in [-0.39, 0.29) is 47.3 Å². The Morgan fingerprint density at radius 3 is 1.31 bits per heavy atom. The van der Waals surface area contributed by atoms with E-state index in [0.29, 0.717) is 6.42 Å². The van der Waals surface area contributed by atoms with Gasteiger partial charge in [-0.05, 0) is 18.3 Å². The van der Waals surface area contributed by atoms with Gasteiger partial charge in [0.25, 0.3) is 0 Å². The van der Waals surface area contributed by atoms with Crippen LogP contribution in [0.25, 0.3) is 0 Å². The van der Waals surface area contributed by atoms with Crippen molar-refractivity contribution in [2.45, 2.75) is 149 Å². The van der Waals surface area contributed by atoms with Gasteiger partial charge in [-0.1, -0.05) is 125 Å². The molecule has 35 heavy (non-hydrogen) atoms. The first-order valence-corrected chi connectivity index (χ1v) is 14.0. The van der Waals surface area contributed by atoms with E-state index in [1.165, 1.54) is 77.0 Å². The fourth-order valence-corrected chi connectivity index (χ4v) is 4.18. The topological polar surface area (TPSA) is 98.3 Å². The summed E-state index contributed by atoms with van der Waals surface area (Å²) < 4.78 is 0. The Kier molecular flexibility index (Phi) is 24.9. The molecule has 0 unspecified atom stereocenters. The number of carbonyl (C=O) groups is 3. The van der Waals surface area contributed by atoms with Crippen molar-refractivity contribution in [2.24, 2.45) is 11.8 Å². The van der Waals surface area contributed by atoms with Crippen molar-refractivity contribution < 1.29 is 49.0 Å². The van der Waals surface area contributed by atoms with Crippen molar-refractivity contribution in [3.63, 3.8) is 0 Å². The number of aliphatic carboxylic acids is 1. The summed E-state index contributed by atoms with van der Waals surface area (Å²) in [7, 11) is 0. The van der Waals surface area contributed by atoms with E-state index < -0.39 is 24.0 Å². The van der Waals surface area contributed by atoms with Crippen molar-refractivity contribution in [3.05, 3.63) is 0 Å². The molecule has 0 bridgehead atoms. The molecule has 0 aromatic carbocycles. The van der Waals surface area contributed by atoms with Gasteiger partial charge in [-0.3, -0.25) is 9.59 Å². The fraction of sp³-hybridized carbons (Fsp3) is 0.893. The maximum Gasteiger partial charge on any atom is 1.00 e. The Labute approximate surface area is 237 Å². The maximum absolute atomic E-state index is 12.5. The van der Waals surface area contributed by atoms with Crippen molar-refractivity contribution >= 4 is 17.8 Å². The molecule has 2 atom stereocenters. The zero-order valence-electron chi connectivity index (χ0n) is 23.8. The third kappa shape index (κ3) is 20.2. The SMILES string of the molecule is CCCCCCCCCCCCCCCCCC(=O)N[C@H](C(=O)N[C@@H](C(=O)[O-])C(C)C)C(C)C.[Na+]. The Morgan fingerprint density at radius 1 is 0.600 bits per heavy atom. The van der Waals surface area contributed by atoms with Gasteiger partial charge in [-0.15, -0.1) is 0 Å². The summed E-state index contributed by atoms with van der Waals surface area (Å²) in [5.74, 6) is -2.37. The van der Waals surface area contributed by atoms with Gasteiger partial charge in [0.1, 0.15) is 6.04 Å². The summed E-state index contributed by atoms with van der Waals surface area (Å²) in [6.07, 6.45) is 19.5. The van der Waals surface area contributed by atoms with E-state index in [4.69, 9.17) is 0 Å². The minimum atomic E-state index is -1.31. The molecule has 0 aliphatic rings. The van der Waals surface area contributed by atoms with Crippen LogP contribution in [0.1, 0.15) is 137 Å². The van der Waals surface area contributed by atoms with E-state index in [1.807, 2.05) is 13.8 Å². The number of hydrogen-bond donors (Lipinski definition) is 2. The zero-order chi connectivity index (χ0) is 25.8. The smallest absolute Gasteiger partial charge is 0.548 e. The van der Waals surface area contributed by atoms with Gasteiger partial charge in [-0.2, -0.15) is 0 Å². The van der Waals surface area contributed by atoms with Gasteiger partial charge < -0.3 is 20.5 Å². The third-order valence-corrected chi connectivity index (χ3v) is 6.49. The van der Waals surface area contributed by atoms with Crippen LogP contribution in [-0.2, 0) is 14.4 Å². The fourth-order valence-electron chi connectivity index (χ4n) is 4.18. The molecule has 0 heterocycles.